The van der Waals surface area contributed by atoms with Crippen molar-refractivity contribution in [2.24, 2.45) is 0 Å². The molecule has 0 radical (unpaired) electrons. The van der Waals surface area contributed by atoms with Crippen molar-refractivity contribution in [3.63, 3.8) is 0 Å². The minimum absolute atomic E-state index is 0.217. The van der Waals surface area contributed by atoms with Crippen LogP contribution in [-0.4, -0.2) is 25.5 Å². The molecule has 0 aromatic heterocycles. The second kappa shape index (κ2) is 9.22. The second-order valence-corrected chi connectivity index (χ2v) is 5.21. The molecule has 6 nitrogen and oxygen atoms in total. The van der Waals surface area contributed by atoms with Crippen LogP contribution in [0.1, 0.15) is 22.8 Å². The summed E-state index contributed by atoms with van der Waals surface area (Å²) >= 11 is 0. The third kappa shape index (κ3) is 5.34. The van der Waals surface area contributed by atoms with Crippen molar-refractivity contribution < 1.29 is 23.5 Å². The van der Waals surface area contributed by atoms with E-state index in [-0.39, 0.29) is 12.2 Å². The van der Waals surface area contributed by atoms with Crippen LogP contribution in [0, 0.1) is 5.82 Å². The lowest BCUT2D eigenvalue weighted by atomic mass is 10.2. The van der Waals surface area contributed by atoms with Gasteiger partial charge < -0.3 is 9.47 Å². The number of nitrogens with one attached hydrogen (secondary N) is 2. The van der Waals surface area contributed by atoms with Crippen LogP contribution in [0.4, 0.5) is 4.39 Å². The fourth-order valence-corrected chi connectivity index (χ4v) is 2.08. The van der Waals surface area contributed by atoms with Gasteiger partial charge in [-0.2, -0.15) is 0 Å². The molecule has 0 heterocycles. The van der Waals surface area contributed by atoms with Gasteiger partial charge in [-0.25, -0.2) is 4.39 Å². The highest BCUT2D eigenvalue weighted by Gasteiger charge is 2.10. The summed E-state index contributed by atoms with van der Waals surface area (Å²) in [5.41, 5.74) is 5.61. The van der Waals surface area contributed by atoms with Crippen LogP contribution in [0.5, 0.6) is 11.5 Å². The Bertz CT molecular complexity index is 804. The molecule has 2 N–H and O–H groups in total. The van der Waals surface area contributed by atoms with E-state index < -0.39 is 17.6 Å². The lowest BCUT2D eigenvalue weighted by Gasteiger charge is -2.12. The van der Waals surface area contributed by atoms with Gasteiger partial charge in [0, 0.05) is 5.56 Å². The van der Waals surface area contributed by atoms with E-state index in [1.165, 1.54) is 19.2 Å². The van der Waals surface area contributed by atoms with Gasteiger partial charge in [-0.1, -0.05) is 18.2 Å². The minimum atomic E-state index is -0.563. The lowest BCUT2D eigenvalue weighted by Crippen LogP contribution is -2.43. The number of amides is 2. The molecular formula is C19H19FN2O4. The fraction of sp³-hybridized carbons (Fsp3) is 0.158. The number of ether oxygens (including phenoxy) is 2. The molecule has 0 aliphatic heterocycles. The highest BCUT2D eigenvalue weighted by molar-refractivity contribution is 5.95. The zero-order valence-electron chi connectivity index (χ0n) is 14.4. The maximum Gasteiger partial charge on any atom is 0.276 e. The molecule has 7 heteroatoms. The normalized spacial score (nSPS) is 10.4. The number of benzene rings is 2. The third-order valence-electron chi connectivity index (χ3n) is 3.33. The molecular weight excluding hydrogens is 339 g/mol. The van der Waals surface area contributed by atoms with Crippen molar-refractivity contribution in [2.75, 3.05) is 13.7 Å². The molecule has 2 amide bonds. The summed E-state index contributed by atoms with van der Waals surface area (Å²) in [6, 6.07) is 10.2. The molecule has 0 unspecified atom stereocenters. The average Bonchev–Trinajstić information content (AvgIpc) is 2.65. The Balaban J connectivity index is 1.86. The summed E-state index contributed by atoms with van der Waals surface area (Å²) in [6.45, 7) is 1.59. The van der Waals surface area contributed by atoms with Crippen molar-refractivity contribution in [1.29, 1.82) is 0 Å². The molecule has 2 aromatic carbocycles. The average molecular weight is 358 g/mol. The van der Waals surface area contributed by atoms with E-state index in [0.29, 0.717) is 11.5 Å². The number of carbonyl (C=O) groups is 2. The van der Waals surface area contributed by atoms with Crippen LogP contribution >= 0.6 is 0 Å². The first kappa shape index (κ1) is 19.0. The van der Waals surface area contributed by atoms with Crippen molar-refractivity contribution >= 4 is 17.9 Å². The first-order chi connectivity index (χ1) is 12.5. The van der Waals surface area contributed by atoms with Crippen LogP contribution < -0.4 is 20.3 Å². The van der Waals surface area contributed by atoms with Gasteiger partial charge in [-0.15, -0.1) is 0 Å². The smallest absolute Gasteiger partial charge is 0.276 e. The maximum absolute atomic E-state index is 12.8. The first-order valence-corrected chi connectivity index (χ1v) is 7.81. The van der Waals surface area contributed by atoms with Crippen LogP contribution in [-0.2, 0) is 4.79 Å². The van der Waals surface area contributed by atoms with E-state index in [1.807, 2.05) is 25.1 Å². The van der Waals surface area contributed by atoms with Gasteiger partial charge in [0.1, 0.15) is 5.82 Å². The van der Waals surface area contributed by atoms with Crippen molar-refractivity contribution in [3.8, 4) is 11.5 Å². The number of rotatable bonds is 6. The number of hydrogen-bond acceptors (Lipinski definition) is 4. The Morgan fingerprint density at radius 1 is 1.08 bits per heavy atom. The molecule has 0 bridgehead atoms. The Morgan fingerprint density at radius 2 is 1.81 bits per heavy atom. The molecule has 0 atom stereocenters. The summed E-state index contributed by atoms with van der Waals surface area (Å²) < 4.78 is 23.5. The summed E-state index contributed by atoms with van der Waals surface area (Å²) in [5.74, 6) is -0.676. The number of halogens is 1. The molecule has 0 saturated carbocycles. The molecule has 0 fully saturated rings. The fourth-order valence-electron chi connectivity index (χ4n) is 2.08. The predicted molar refractivity (Wildman–Crippen MR) is 95.2 cm³/mol. The van der Waals surface area contributed by atoms with E-state index in [1.54, 1.807) is 12.1 Å². The van der Waals surface area contributed by atoms with E-state index in [0.717, 1.165) is 17.7 Å². The Labute approximate surface area is 150 Å². The zero-order valence-corrected chi connectivity index (χ0v) is 14.4. The lowest BCUT2D eigenvalue weighted by molar-refractivity contribution is -0.123. The van der Waals surface area contributed by atoms with E-state index in [2.05, 4.69) is 10.9 Å². The van der Waals surface area contributed by atoms with Crippen LogP contribution in [0.3, 0.4) is 0 Å². The number of hydrazine groups is 1. The van der Waals surface area contributed by atoms with Gasteiger partial charge in [0.25, 0.3) is 11.8 Å². The summed E-state index contributed by atoms with van der Waals surface area (Å²) in [5, 5.41) is 0. The van der Waals surface area contributed by atoms with Gasteiger partial charge in [-0.3, -0.25) is 20.4 Å². The highest BCUT2D eigenvalue weighted by Crippen LogP contribution is 2.28. The van der Waals surface area contributed by atoms with E-state index in [9.17, 15) is 14.0 Å². The Morgan fingerprint density at radius 3 is 2.46 bits per heavy atom. The molecule has 136 valence electrons. The Kier molecular flexibility index (Phi) is 6.73. The molecule has 26 heavy (non-hydrogen) atoms. The summed E-state index contributed by atoms with van der Waals surface area (Å²) in [6.07, 6.45) is 3.80. The molecule has 2 aromatic rings. The quantitative estimate of drug-likeness (QED) is 0.779. The topological polar surface area (TPSA) is 76.7 Å². The van der Waals surface area contributed by atoms with Gasteiger partial charge in [-0.05, 0) is 48.9 Å². The van der Waals surface area contributed by atoms with Crippen molar-refractivity contribution in [2.45, 2.75) is 6.92 Å². The largest absolute Gasteiger partial charge is 0.493 e. The van der Waals surface area contributed by atoms with Gasteiger partial charge >= 0.3 is 0 Å². The van der Waals surface area contributed by atoms with Crippen molar-refractivity contribution in [3.05, 3.63) is 65.5 Å². The molecule has 0 aliphatic rings. The first-order valence-electron chi connectivity index (χ1n) is 7.81. The number of carbonyl (C=O) groups excluding carboxylic acids is 2. The molecule has 0 spiro atoms. The highest BCUT2D eigenvalue weighted by atomic mass is 19.1. The number of allylic oxidation sites excluding steroid dienone is 1. The minimum Gasteiger partial charge on any atom is -0.493 e. The molecule has 0 saturated heterocycles. The van der Waals surface area contributed by atoms with Crippen molar-refractivity contribution in [1.82, 2.24) is 10.9 Å². The van der Waals surface area contributed by atoms with E-state index >= 15 is 0 Å². The molecule has 0 aliphatic carbocycles. The van der Waals surface area contributed by atoms with Gasteiger partial charge in [0.05, 0.1) is 7.11 Å². The SMILES string of the molecule is C/C=C/c1ccc(OCC(=O)NNC(=O)c2ccc(F)cc2)c(OC)c1. The van der Waals surface area contributed by atoms with Crippen LogP contribution in [0.2, 0.25) is 0 Å². The molecule has 2 rings (SSSR count). The second-order valence-electron chi connectivity index (χ2n) is 5.21. The Hall–Kier alpha value is -3.35. The van der Waals surface area contributed by atoms with Gasteiger partial charge in [0.15, 0.2) is 18.1 Å². The van der Waals surface area contributed by atoms with Crippen LogP contribution in [0.15, 0.2) is 48.5 Å². The maximum atomic E-state index is 12.8. The standard InChI is InChI=1S/C19H19FN2O4/c1-3-4-13-5-10-16(17(11-13)25-2)26-12-18(23)21-22-19(24)14-6-8-15(20)9-7-14/h3-11H,12H2,1-2H3,(H,21,23)(H,22,24)/b4-3+. The number of hydrogen-bond donors (Lipinski definition) is 2. The monoisotopic (exact) mass is 358 g/mol. The van der Waals surface area contributed by atoms with Crippen LogP contribution in [0.25, 0.3) is 6.08 Å². The predicted octanol–water partition coefficient (Wildman–Crippen LogP) is 2.71. The number of methoxy groups -OCH3 is 1. The summed E-state index contributed by atoms with van der Waals surface area (Å²) in [7, 11) is 1.50. The zero-order chi connectivity index (χ0) is 18.9. The van der Waals surface area contributed by atoms with E-state index in [4.69, 9.17) is 9.47 Å². The third-order valence-corrected chi connectivity index (χ3v) is 3.33. The summed E-state index contributed by atoms with van der Waals surface area (Å²) in [4.78, 5) is 23.6. The van der Waals surface area contributed by atoms with Gasteiger partial charge in [0.2, 0.25) is 0 Å².